The van der Waals surface area contributed by atoms with E-state index in [1.54, 1.807) is 18.3 Å². The fourth-order valence-corrected chi connectivity index (χ4v) is 2.30. The van der Waals surface area contributed by atoms with Crippen LogP contribution in [0.4, 0.5) is 0 Å². The molecule has 0 radical (unpaired) electrons. The SMILES string of the molecule is C[C@H](NC(=O)Cn1ccccc1=O)c1ccc2c(c1)OCO2. The predicted molar refractivity (Wildman–Crippen MR) is 79.8 cm³/mol. The molecule has 2 aromatic rings. The van der Waals surface area contributed by atoms with Gasteiger partial charge in [-0.1, -0.05) is 12.1 Å². The van der Waals surface area contributed by atoms with Gasteiger partial charge in [0.2, 0.25) is 12.7 Å². The maximum atomic E-state index is 12.1. The zero-order valence-corrected chi connectivity index (χ0v) is 12.1. The van der Waals surface area contributed by atoms with Crippen LogP contribution in [-0.2, 0) is 11.3 Å². The van der Waals surface area contributed by atoms with Crippen LogP contribution in [-0.4, -0.2) is 17.3 Å². The molecule has 3 rings (SSSR count). The van der Waals surface area contributed by atoms with Crippen LogP contribution < -0.4 is 20.3 Å². The molecule has 1 atom stereocenters. The summed E-state index contributed by atoms with van der Waals surface area (Å²) in [7, 11) is 0. The van der Waals surface area contributed by atoms with Crippen LogP contribution in [0.25, 0.3) is 0 Å². The molecule has 0 spiro atoms. The summed E-state index contributed by atoms with van der Waals surface area (Å²) in [5.74, 6) is 1.16. The van der Waals surface area contributed by atoms with Crippen molar-refractivity contribution in [1.82, 2.24) is 9.88 Å². The molecule has 0 saturated carbocycles. The number of fused-ring (bicyclic) bond motifs is 1. The molecule has 114 valence electrons. The minimum atomic E-state index is -0.224. The van der Waals surface area contributed by atoms with E-state index in [0.29, 0.717) is 11.5 Å². The number of carbonyl (C=O) groups is 1. The summed E-state index contributed by atoms with van der Waals surface area (Å²) in [4.78, 5) is 23.6. The van der Waals surface area contributed by atoms with Gasteiger partial charge >= 0.3 is 0 Å². The van der Waals surface area contributed by atoms with Crippen molar-refractivity contribution in [1.29, 1.82) is 0 Å². The Kier molecular flexibility index (Phi) is 3.82. The first-order chi connectivity index (χ1) is 10.6. The van der Waals surface area contributed by atoms with Gasteiger partial charge in [0.15, 0.2) is 11.5 Å². The molecule has 1 aliphatic heterocycles. The number of pyridine rings is 1. The summed E-state index contributed by atoms with van der Waals surface area (Å²) in [5.41, 5.74) is 0.714. The zero-order valence-electron chi connectivity index (χ0n) is 12.1. The van der Waals surface area contributed by atoms with Gasteiger partial charge < -0.3 is 19.4 Å². The van der Waals surface area contributed by atoms with Gasteiger partial charge in [0.05, 0.1) is 6.04 Å². The summed E-state index contributed by atoms with van der Waals surface area (Å²) < 4.78 is 11.9. The second-order valence-corrected chi connectivity index (χ2v) is 5.07. The van der Waals surface area contributed by atoms with Gasteiger partial charge in [-0.15, -0.1) is 0 Å². The molecule has 0 saturated heterocycles. The number of ether oxygens (including phenoxy) is 2. The Morgan fingerprint density at radius 3 is 2.91 bits per heavy atom. The average Bonchev–Trinajstić information content (AvgIpc) is 2.97. The third kappa shape index (κ3) is 2.95. The van der Waals surface area contributed by atoms with E-state index in [1.807, 2.05) is 25.1 Å². The molecule has 0 aliphatic carbocycles. The minimum Gasteiger partial charge on any atom is -0.454 e. The molecule has 0 fully saturated rings. The van der Waals surface area contributed by atoms with Crippen LogP contribution in [0.3, 0.4) is 0 Å². The van der Waals surface area contributed by atoms with E-state index < -0.39 is 0 Å². The van der Waals surface area contributed by atoms with Crippen LogP contribution in [0.1, 0.15) is 18.5 Å². The molecule has 0 bridgehead atoms. The first kappa shape index (κ1) is 14.2. The zero-order chi connectivity index (χ0) is 15.5. The molecule has 1 aromatic heterocycles. The summed E-state index contributed by atoms with van der Waals surface area (Å²) in [6.07, 6.45) is 1.59. The van der Waals surface area contributed by atoms with Crippen LogP contribution >= 0.6 is 0 Å². The lowest BCUT2D eigenvalue weighted by atomic mass is 10.1. The minimum absolute atomic E-state index is 0.00539. The van der Waals surface area contributed by atoms with Crippen molar-refractivity contribution in [2.75, 3.05) is 6.79 Å². The topological polar surface area (TPSA) is 69.6 Å². The molecule has 1 aliphatic rings. The van der Waals surface area contributed by atoms with Gasteiger partial charge in [0, 0.05) is 12.3 Å². The predicted octanol–water partition coefficient (Wildman–Crippen LogP) is 1.45. The molecule has 6 nitrogen and oxygen atoms in total. The smallest absolute Gasteiger partial charge is 0.250 e. The molecule has 22 heavy (non-hydrogen) atoms. The highest BCUT2D eigenvalue weighted by atomic mass is 16.7. The second kappa shape index (κ2) is 5.93. The number of hydrogen-bond acceptors (Lipinski definition) is 4. The van der Waals surface area contributed by atoms with Gasteiger partial charge in [-0.2, -0.15) is 0 Å². The molecular formula is C16H16N2O4. The van der Waals surface area contributed by atoms with Gasteiger partial charge in [-0.05, 0) is 30.7 Å². The van der Waals surface area contributed by atoms with Crippen molar-refractivity contribution in [3.8, 4) is 11.5 Å². The highest BCUT2D eigenvalue weighted by Gasteiger charge is 2.17. The van der Waals surface area contributed by atoms with Gasteiger partial charge in [0.25, 0.3) is 5.56 Å². The third-order valence-corrected chi connectivity index (χ3v) is 3.49. The molecular weight excluding hydrogens is 284 g/mol. The Hall–Kier alpha value is -2.76. The summed E-state index contributed by atoms with van der Waals surface area (Å²) in [6.45, 7) is 2.09. The number of aromatic nitrogens is 1. The van der Waals surface area contributed by atoms with E-state index in [-0.39, 0.29) is 30.8 Å². The summed E-state index contributed by atoms with van der Waals surface area (Å²) in [6, 6.07) is 10.1. The molecule has 6 heteroatoms. The van der Waals surface area contributed by atoms with Gasteiger partial charge in [-0.25, -0.2) is 0 Å². The van der Waals surface area contributed by atoms with Crippen LogP contribution in [0, 0.1) is 0 Å². The van der Waals surface area contributed by atoms with E-state index in [1.165, 1.54) is 10.6 Å². The number of nitrogens with zero attached hydrogens (tertiary/aromatic N) is 1. The van der Waals surface area contributed by atoms with E-state index >= 15 is 0 Å². The van der Waals surface area contributed by atoms with E-state index in [0.717, 1.165) is 5.56 Å². The lowest BCUT2D eigenvalue weighted by Gasteiger charge is -2.15. The van der Waals surface area contributed by atoms with Crippen molar-refractivity contribution < 1.29 is 14.3 Å². The van der Waals surface area contributed by atoms with Crippen molar-refractivity contribution in [3.63, 3.8) is 0 Å². The van der Waals surface area contributed by atoms with Crippen molar-refractivity contribution in [3.05, 3.63) is 58.5 Å². The number of nitrogens with one attached hydrogen (secondary N) is 1. The lowest BCUT2D eigenvalue weighted by molar-refractivity contribution is -0.122. The summed E-state index contributed by atoms with van der Waals surface area (Å²) >= 11 is 0. The Morgan fingerprint density at radius 1 is 1.27 bits per heavy atom. The number of amides is 1. The first-order valence-electron chi connectivity index (χ1n) is 6.98. The fourth-order valence-electron chi connectivity index (χ4n) is 2.30. The Bertz CT molecular complexity index is 754. The molecule has 1 N–H and O–H groups in total. The Labute approximate surface area is 127 Å². The maximum Gasteiger partial charge on any atom is 0.250 e. The van der Waals surface area contributed by atoms with Gasteiger partial charge in [0.1, 0.15) is 6.54 Å². The lowest BCUT2D eigenvalue weighted by Crippen LogP contribution is -2.33. The first-order valence-corrected chi connectivity index (χ1v) is 6.98. The maximum absolute atomic E-state index is 12.1. The van der Waals surface area contributed by atoms with E-state index in [9.17, 15) is 9.59 Å². The number of rotatable bonds is 4. The molecule has 1 aromatic carbocycles. The monoisotopic (exact) mass is 300 g/mol. The fraction of sp³-hybridized carbons (Fsp3) is 0.250. The summed E-state index contributed by atoms with van der Waals surface area (Å²) in [5, 5.41) is 2.87. The van der Waals surface area contributed by atoms with Crippen LogP contribution in [0.5, 0.6) is 11.5 Å². The van der Waals surface area contributed by atoms with Crippen molar-refractivity contribution >= 4 is 5.91 Å². The quantitative estimate of drug-likeness (QED) is 0.928. The normalized spacial score (nSPS) is 13.7. The van der Waals surface area contributed by atoms with Crippen LogP contribution in [0.2, 0.25) is 0 Å². The van der Waals surface area contributed by atoms with E-state index in [4.69, 9.17) is 9.47 Å². The second-order valence-electron chi connectivity index (χ2n) is 5.07. The number of carbonyl (C=O) groups excluding carboxylic acids is 1. The highest BCUT2D eigenvalue weighted by molar-refractivity contribution is 5.76. The highest BCUT2D eigenvalue weighted by Crippen LogP contribution is 2.34. The van der Waals surface area contributed by atoms with Crippen LogP contribution in [0.15, 0.2) is 47.4 Å². The molecule has 0 unspecified atom stereocenters. The van der Waals surface area contributed by atoms with Gasteiger partial charge in [-0.3, -0.25) is 9.59 Å². The standard InChI is InChI=1S/C16H16N2O4/c1-11(12-5-6-13-14(8-12)22-10-21-13)17-15(19)9-18-7-3-2-4-16(18)20/h2-8,11H,9-10H2,1H3,(H,17,19)/t11-/m0/s1. The number of benzene rings is 1. The Morgan fingerprint density at radius 2 is 2.09 bits per heavy atom. The Balaban J connectivity index is 1.66. The van der Waals surface area contributed by atoms with E-state index in [2.05, 4.69) is 5.32 Å². The molecule has 1 amide bonds. The average molecular weight is 300 g/mol. The number of hydrogen-bond donors (Lipinski definition) is 1. The third-order valence-electron chi connectivity index (χ3n) is 3.49. The van der Waals surface area contributed by atoms with Crippen molar-refractivity contribution in [2.24, 2.45) is 0 Å². The largest absolute Gasteiger partial charge is 0.454 e. The molecule has 2 heterocycles. The van der Waals surface area contributed by atoms with Crippen molar-refractivity contribution in [2.45, 2.75) is 19.5 Å².